The van der Waals surface area contributed by atoms with Gasteiger partial charge >= 0.3 is 0 Å². The third-order valence-electron chi connectivity index (χ3n) is 4.19. The quantitative estimate of drug-likeness (QED) is 0.786. The monoisotopic (exact) mass is 226 g/mol. The van der Waals surface area contributed by atoms with Crippen LogP contribution in [0.3, 0.4) is 0 Å². The first kappa shape index (κ1) is 12.3. The molecule has 2 aliphatic rings. The molecule has 0 aromatic carbocycles. The molecule has 16 heavy (non-hydrogen) atoms. The van der Waals surface area contributed by atoms with Gasteiger partial charge in [-0.3, -0.25) is 4.90 Å². The first-order chi connectivity index (χ1) is 7.65. The maximum absolute atomic E-state index is 5.28. The molecule has 1 saturated carbocycles. The Morgan fingerprint density at radius 2 is 2.25 bits per heavy atom. The van der Waals surface area contributed by atoms with Gasteiger partial charge in [0.2, 0.25) is 0 Å². The molecule has 0 aromatic heterocycles. The Morgan fingerprint density at radius 3 is 2.88 bits per heavy atom. The van der Waals surface area contributed by atoms with Crippen LogP contribution in [0.2, 0.25) is 0 Å². The molecule has 2 rings (SSSR count). The zero-order chi connectivity index (χ0) is 11.6. The number of nitrogens with one attached hydrogen (secondary N) is 1. The average molecular weight is 226 g/mol. The number of ether oxygens (including phenoxy) is 1. The van der Waals surface area contributed by atoms with E-state index < -0.39 is 0 Å². The van der Waals surface area contributed by atoms with Crippen molar-refractivity contribution in [3.63, 3.8) is 0 Å². The van der Waals surface area contributed by atoms with E-state index in [4.69, 9.17) is 4.74 Å². The Balaban J connectivity index is 1.97. The van der Waals surface area contributed by atoms with Crippen molar-refractivity contribution in [1.82, 2.24) is 10.2 Å². The Labute approximate surface area is 99.5 Å². The third-order valence-corrected chi connectivity index (χ3v) is 4.19. The van der Waals surface area contributed by atoms with Crippen LogP contribution in [0.5, 0.6) is 0 Å². The lowest BCUT2D eigenvalue weighted by Gasteiger charge is -2.36. The van der Waals surface area contributed by atoms with E-state index in [1.54, 1.807) is 7.11 Å². The molecule has 3 heteroatoms. The second kappa shape index (κ2) is 5.03. The standard InChI is InChI=1S/C13H26N2O/c1-11(9-16-3)15-8-4-7-14-13(2,10-15)12-5-6-12/h11-12,14H,4-10H2,1-3H3. The van der Waals surface area contributed by atoms with Crippen molar-refractivity contribution in [2.75, 3.05) is 33.4 Å². The topological polar surface area (TPSA) is 24.5 Å². The predicted molar refractivity (Wildman–Crippen MR) is 66.7 cm³/mol. The zero-order valence-electron chi connectivity index (χ0n) is 11.0. The van der Waals surface area contributed by atoms with Gasteiger partial charge in [0.25, 0.3) is 0 Å². The second-order valence-corrected chi connectivity index (χ2v) is 5.75. The van der Waals surface area contributed by atoms with Crippen LogP contribution in [-0.2, 0) is 4.74 Å². The highest BCUT2D eigenvalue weighted by molar-refractivity contribution is 5.01. The van der Waals surface area contributed by atoms with E-state index in [-0.39, 0.29) is 0 Å². The van der Waals surface area contributed by atoms with Crippen molar-refractivity contribution >= 4 is 0 Å². The summed E-state index contributed by atoms with van der Waals surface area (Å²) in [5.74, 6) is 0.905. The lowest BCUT2D eigenvalue weighted by molar-refractivity contribution is 0.0839. The van der Waals surface area contributed by atoms with E-state index in [9.17, 15) is 0 Å². The molecule has 2 unspecified atom stereocenters. The van der Waals surface area contributed by atoms with Crippen LogP contribution < -0.4 is 5.32 Å². The van der Waals surface area contributed by atoms with E-state index >= 15 is 0 Å². The van der Waals surface area contributed by atoms with Crippen molar-refractivity contribution in [2.45, 2.75) is 44.7 Å². The van der Waals surface area contributed by atoms with Crippen molar-refractivity contribution < 1.29 is 4.74 Å². The van der Waals surface area contributed by atoms with Crippen molar-refractivity contribution in [2.24, 2.45) is 5.92 Å². The number of methoxy groups -OCH3 is 1. The number of hydrogen-bond acceptors (Lipinski definition) is 3. The molecule has 0 bridgehead atoms. The summed E-state index contributed by atoms with van der Waals surface area (Å²) < 4.78 is 5.28. The molecule has 3 nitrogen and oxygen atoms in total. The summed E-state index contributed by atoms with van der Waals surface area (Å²) in [4.78, 5) is 2.60. The first-order valence-electron chi connectivity index (χ1n) is 6.64. The predicted octanol–water partition coefficient (Wildman–Crippen LogP) is 1.49. The fraction of sp³-hybridized carbons (Fsp3) is 1.00. The molecule has 1 saturated heterocycles. The summed E-state index contributed by atoms with van der Waals surface area (Å²) in [6, 6.07) is 0.544. The van der Waals surface area contributed by atoms with Crippen LogP contribution in [0.4, 0.5) is 0 Å². The molecule has 1 aliphatic heterocycles. The fourth-order valence-corrected chi connectivity index (χ4v) is 2.93. The van der Waals surface area contributed by atoms with Crippen LogP contribution in [0, 0.1) is 5.92 Å². The lowest BCUT2D eigenvalue weighted by Crippen LogP contribution is -2.53. The maximum Gasteiger partial charge on any atom is 0.0615 e. The van der Waals surface area contributed by atoms with Crippen LogP contribution >= 0.6 is 0 Å². The first-order valence-corrected chi connectivity index (χ1v) is 6.64. The van der Waals surface area contributed by atoms with Gasteiger partial charge in [-0.2, -0.15) is 0 Å². The van der Waals surface area contributed by atoms with Crippen molar-refractivity contribution in [3.05, 3.63) is 0 Å². The molecule has 94 valence electrons. The molecule has 2 atom stereocenters. The minimum absolute atomic E-state index is 0.346. The molecule has 0 aromatic rings. The van der Waals surface area contributed by atoms with Crippen LogP contribution in [0.1, 0.15) is 33.1 Å². The molecular weight excluding hydrogens is 200 g/mol. The minimum Gasteiger partial charge on any atom is -0.383 e. The van der Waals surface area contributed by atoms with Crippen molar-refractivity contribution in [3.8, 4) is 0 Å². The smallest absolute Gasteiger partial charge is 0.0615 e. The average Bonchev–Trinajstić information content (AvgIpc) is 3.03. The lowest BCUT2D eigenvalue weighted by atomic mass is 9.95. The fourth-order valence-electron chi connectivity index (χ4n) is 2.93. The normalized spacial score (nSPS) is 34.7. The van der Waals surface area contributed by atoms with Gasteiger partial charge in [-0.05, 0) is 52.1 Å². The van der Waals surface area contributed by atoms with Gasteiger partial charge in [0.1, 0.15) is 0 Å². The summed E-state index contributed by atoms with van der Waals surface area (Å²) in [5, 5.41) is 3.76. The van der Waals surface area contributed by atoms with Gasteiger partial charge < -0.3 is 10.1 Å². The van der Waals surface area contributed by atoms with Gasteiger partial charge in [-0.15, -0.1) is 0 Å². The van der Waals surface area contributed by atoms with Gasteiger partial charge in [-0.1, -0.05) is 0 Å². The van der Waals surface area contributed by atoms with E-state index in [0.29, 0.717) is 11.6 Å². The van der Waals surface area contributed by atoms with E-state index in [2.05, 4.69) is 24.1 Å². The largest absolute Gasteiger partial charge is 0.383 e. The highest BCUT2D eigenvalue weighted by Gasteiger charge is 2.43. The molecule has 1 heterocycles. The number of rotatable bonds is 4. The Bertz CT molecular complexity index is 230. The Hall–Kier alpha value is -0.120. The van der Waals surface area contributed by atoms with Gasteiger partial charge in [0, 0.05) is 25.2 Å². The van der Waals surface area contributed by atoms with E-state index in [0.717, 1.165) is 12.5 Å². The summed E-state index contributed by atoms with van der Waals surface area (Å²) >= 11 is 0. The van der Waals surface area contributed by atoms with Gasteiger partial charge in [0.05, 0.1) is 6.61 Å². The summed E-state index contributed by atoms with van der Waals surface area (Å²) in [5.41, 5.74) is 0.346. The highest BCUT2D eigenvalue weighted by Crippen LogP contribution is 2.40. The third kappa shape index (κ3) is 2.76. The van der Waals surface area contributed by atoms with E-state index in [1.165, 1.54) is 38.9 Å². The summed E-state index contributed by atoms with van der Waals surface area (Å²) in [6.07, 6.45) is 4.09. The van der Waals surface area contributed by atoms with Gasteiger partial charge in [-0.25, -0.2) is 0 Å². The van der Waals surface area contributed by atoms with E-state index in [1.807, 2.05) is 0 Å². The SMILES string of the molecule is COCC(C)N1CCCNC(C)(C2CC2)C1. The molecule has 0 spiro atoms. The molecular formula is C13H26N2O. The number of nitrogens with zero attached hydrogens (tertiary/aromatic N) is 1. The van der Waals surface area contributed by atoms with Crippen molar-refractivity contribution in [1.29, 1.82) is 0 Å². The van der Waals surface area contributed by atoms with Crippen LogP contribution in [0.15, 0.2) is 0 Å². The molecule has 2 fully saturated rings. The van der Waals surface area contributed by atoms with Gasteiger partial charge in [0.15, 0.2) is 0 Å². The molecule has 1 aliphatic carbocycles. The summed E-state index contributed by atoms with van der Waals surface area (Å²) in [6.45, 7) is 9.09. The minimum atomic E-state index is 0.346. The Morgan fingerprint density at radius 1 is 1.50 bits per heavy atom. The second-order valence-electron chi connectivity index (χ2n) is 5.75. The van der Waals surface area contributed by atoms with Crippen LogP contribution in [0.25, 0.3) is 0 Å². The number of hydrogen-bond donors (Lipinski definition) is 1. The highest BCUT2D eigenvalue weighted by atomic mass is 16.5. The van der Waals surface area contributed by atoms with Crippen LogP contribution in [-0.4, -0.2) is 49.8 Å². The molecule has 0 amide bonds. The Kier molecular flexibility index (Phi) is 3.88. The maximum atomic E-state index is 5.28. The summed E-state index contributed by atoms with van der Waals surface area (Å²) in [7, 11) is 1.80. The molecule has 1 N–H and O–H groups in total. The molecule has 0 radical (unpaired) electrons. The zero-order valence-corrected chi connectivity index (χ0v) is 11.0.